The smallest absolute Gasteiger partial charge is 0.317 e. The number of hydrogen-bond donors (Lipinski definition) is 1. The second kappa shape index (κ2) is 7.13. The molecule has 2 fully saturated rings. The van der Waals surface area contributed by atoms with Crippen molar-refractivity contribution < 1.29 is 9.32 Å². The minimum atomic E-state index is 0.0256. The fraction of sp³-hybridized carbons (Fsp3) is 0.750. The van der Waals surface area contributed by atoms with Gasteiger partial charge in [0.25, 0.3) is 0 Å². The zero-order valence-corrected chi connectivity index (χ0v) is 13.4. The van der Waals surface area contributed by atoms with Gasteiger partial charge < -0.3 is 19.6 Å². The molecule has 0 unspecified atom stereocenters. The molecule has 1 aromatic heterocycles. The Morgan fingerprint density at radius 2 is 2.00 bits per heavy atom. The highest BCUT2D eigenvalue weighted by Crippen LogP contribution is 2.20. The maximum atomic E-state index is 12.2. The summed E-state index contributed by atoms with van der Waals surface area (Å²) in [5.41, 5.74) is 0.941. The summed E-state index contributed by atoms with van der Waals surface area (Å²) in [5, 5.41) is 6.69. The number of rotatable bonds is 3. The number of aryl methyl sites for hydroxylation is 1. The summed E-state index contributed by atoms with van der Waals surface area (Å²) < 4.78 is 5.00. The van der Waals surface area contributed by atoms with Crippen molar-refractivity contribution in [1.82, 2.24) is 20.3 Å². The van der Waals surface area contributed by atoms with Gasteiger partial charge in [0.15, 0.2) is 0 Å². The van der Waals surface area contributed by atoms with Crippen molar-refractivity contribution in [3.05, 3.63) is 17.5 Å². The molecular formula is C16H26N4O2. The van der Waals surface area contributed by atoms with Gasteiger partial charge in [-0.2, -0.15) is 0 Å². The number of piperidine rings is 2. The van der Waals surface area contributed by atoms with Crippen LogP contribution in [-0.4, -0.2) is 53.2 Å². The molecule has 122 valence electrons. The number of likely N-dealkylation sites (tertiary alicyclic amines) is 2. The summed E-state index contributed by atoms with van der Waals surface area (Å²) >= 11 is 0. The van der Waals surface area contributed by atoms with Crippen molar-refractivity contribution in [2.75, 3.05) is 26.2 Å². The van der Waals surface area contributed by atoms with Gasteiger partial charge in [0.1, 0.15) is 5.76 Å². The third-order valence-corrected chi connectivity index (χ3v) is 4.94. The van der Waals surface area contributed by atoms with E-state index in [-0.39, 0.29) is 6.03 Å². The molecule has 0 aliphatic carbocycles. The predicted molar refractivity (Wildman–Crippen MR) is 83.5 cm³/mol. The van der Waals surface area contributed by atoms with E-state index in [0.29, 0.717) is 12.6 Å². The van der Waals surface area contributed by atoms with E-state index in [1.165, 1.54) is 32.4 Å². The highest BCUT2D eigenvalue weighted by molar-refractivity contribution is 5.74. The number of nitrogens with zero attached hydrogens (tertiary/aromatic N) is 3. The molecule has 2 saturated heterocycles. The summed E-state index contributed by atoms with van der Waals surface area (Å²) in [6.07, 6.45) is 7.90. The first kappa shape index (κ1) is 15.3. The van der Waals surface area contributed by atoms with E-state index in [0.717, 1.165) is 37.3 Å². The van der Waals surface area contributed by atoms with Gasteiger partial charge in [-0.3, -0.25) is 0 Å². The Kier molecular flexibility index (Phi) is 4.97. The van der Waals surface area contributed by atoms with Gasteiger partial charge in [0, 0.05) is 31.2 Å². The monoisotopic (exact) mass is 306 g/mol. The number of nitrogens with one attached hydrogen (secondary N) is 1. The normalized spacial score (nSPS) is 21.0. The Hall–Kier alpha value is -1.56. The Balaban J connectivity index is 1.42. The van der Waals surface area contributed by atoms with Crippen LogP contribution in [0.1, 0.15) is 43.4 Å². The van der Waals surface area contributed by atoms with Gasteiger partial charge in [-0.1, -0.05) is 11.6 Å². The average Bonchev–Trinajstić information content (AvgIpc) is 2.99. The van der Waals surface area contributed by atoms with Crippen molar-refractivity contribution in [2.24, 2.45) is 0 Å². The van der Waals surface area contributed by atoms with E-state index in [1.54, 1.807) is 6.20 Å². The summed E-state index contributed by atoms with van der Waals surface area (Å²) in [5.74, 6) is 0.768. The van der Waals surface area contributed by atoms with E-state index in [4.69, 9.17) is 4.52 Å². The average molecular weight is 306 g/mol. The van der Waals surface area contributed by atoms with Crippen LogP contribution < -0.4 is 5.32 Å². The van der Waals surface area contributed by atoms with E-state index in [1.807, 2.05) is 11.8 Å². The Bertz CT molecular complexity index is 488. The topological polar surface area (TPSA) is 61.6 Å². The molecule has 0 radical (unpaired) electrons. The molecule has 3 heterocycles. The summed E-state index contributed by atoms with van der Waals surface area (Å²) in [4.78, 5) is 16.8. The zero-order valence-electron chi connectivity index (χ0n) is 13.4. The third-order valence-electron chi connectivity index (χ3n) is 4.94. The van der Waals surface area contributed by atoms with Crippen LogP contribution in [0.4, 0.5) is 4.79 Å². The lowest BCUT2D eigenvalue weighted by Gasteiger charge is -2.40. The van der Waals surface area contributed by atoms with Crippen molar-refractivity contribution in [2.45, 2.75) is 51.6 Å². The number of aromatic nitrogens is 1. The van der Waals surface area contributed by atoms with E-state index in [2.05, 4.69) is 15.4 Å². The Morgan fingerprint density at radius 3 is 2.64 bits per heavy atom. The largest absolute Gasteiger partial charge is 0.361 e. The number of amides is 2. The van der Waals surface area contributed by atoms with E-state index in [9.17, 15) is 4.79 Å². The highest BCUT2D eigenvalue weighted by atomic mass is 16.5. The Morgan fingerprint density at radius 1 is 1.27 bits per heavy atom. The minimum Gasteiger partial charge on any atom is -0.361 e. The molecule has 6 heteroatoms. The minimum absolute atomic E-state index is 0.0256. The first-order valence-electron chi connectivity index (χ1n) is 8.41. The van der Waals surface area contributed by atoms with Gasteiger partial charge in [0.2, 0.25) is 0 Å². The summed E-state index contributed by atoms with van der Waals surface area (Å²) in [6, 6.07) is 0.697. The number of carbonyl (C=O) groups excluding carboxylic acids is 1. The van der Waals surface area contributed by atoms with Gasteiger partial charge in [0.05, 0.1) is 6.20 Å². The standard InChI is InChI=1S/C16H26N4O2/c1-13-14(12-18-22-13)11-17-16(21)20-9-5-15(6-10-20)19-7-3-2-4-8-19/h12,15H,2-11H2,1H3,(H,17,21). The molecule has 0 aromatic carbocycles. The quantitative estimate of drug-likeness (QED) is 0.929. The maximum Gasteiger partial charge on any atom is 0.317 e. The number of urea groups is 1. The summed E-state index contributed by atoms with van der Waals surface area (Å²) in [7, 11) is 0. The molecule has 0 saturated carbocycles. The van der Waals surface area contributed by atoms with Crippen LogP contribution >= 0.6 is 0 Å². The van der Waals surface area contributed by atoms with Crippen LogP contribution in [-0.2, 0) is 6.54 Å². The molecule has 0 bridgehead atoms. The molecule has 1 aromatic rings. The highest BCUT2D eigenvalue weighted by Gasteiger charge is 2.27. The van der Waals surface area contributed by atoms with Crippen molar-refractivity contribution in [1.29, 1.82) is 0 Å². The number of carbonyl (C=O) groups is 1. The molecular weight excluding hydrogens is 280 g/mol. The SMILES string of the molecule is Cc1oncc1CNC(=O)N1CCC(N2CCCCC2)CC1. The van der Waals surface area contributed by atoms with Crippen LogP contribution in [0.15, 0.2) is 10.7 Å². The van der Waals surface area contributed by atoms with Crippen molar-refractivity contribution >= 4 is 6.03 Å². The van der Waals surface area contributed by atoms with Crippen LogP contribution in [0.3, 0.4) is 0 Å². The second-order valence-corrected chi connectivity index (χ2v) is 6.38. The number of hydrogen-bond acceptors (Lipinski definition) is 4. The molecule has 6 nitrogen and oxygen atoms in total. The van der Waals surface area contributed by atoms with Gasteiger partial charge in [-0.05, 0) is 45.7 Å². The second-order valence-electron chi connectivity index (χ2n) is 6.38. The van der Waals surface area contributed by atoms with E-state index < -0.39 is 0 Å². The Labute approximate surface area is 131 Å². The lowest BCUT2D eigenvalue weighted by atomic mass is 10.0. The predicted octanol–water partition coefficient (Wildman–Crippen LogP) is 2.14. The summed E-state index contributed by atoms with van der Waals surface area (Å²) in [6.45, 7) is 6.54. The van der Waals surface area contributed by atoms with Crippen LogP contribution in [0.2, 0.25) is 0 Å². The van der Waals surface area contributed by atoms with Crippen molar-refractivity contribution in [3.63, 3.8) is 0 Å². The molecule has 1 N–H and O–H groups in total. The first-order valence-corrected chi connectivity index (χ1v) is 8.41. The first-order chi connectivity index (χ1) is 10.7. The molecule has 2 aliphatic rings. The fourth-order valence-corrected chi connectivity index (χ4v) is 3.49. The lowest BCUT2D eigenvalue weighted by Crippen LogP contribution is -2.50. The molecule has 2 amide bonds. The molecule has 0 atom stereocenters. The molecule has 22 heavy (non-hydrogen) atoms. The maximum absolute atomic E-state index is 12.2. The van der Waals surface area contributed by atoms with Gasteiger partial charge >= 0.3 is 6.03 Å². The van der Waals surface area contributed by atoms with Gasteiger partial charge in [-0.15, -0.1) is 0 Å². The van der Waals surface area contributed by atoms with Crippen LogP contribution in [0.5, 0.6) is 0 Å². The van der Waals surface area contributed by atoms with Crippen LogP contribution in [0, 0.1) is 6.92 Å². The lowest BCUT2D eigenvalue weighted by molar-refractivity contribution is 0.101. The van der Waals surface area contributed by atoms with Crippen LogP contribution in [0.25, 0.3) is 0 Å². The molecule has 3 rings (SSSR count). The van der Waals surface area contributed by atoms with Crippen molar-refractivity contribution in [3.8, 4) is 0 Å². The van der Waals surface area contributed by atoms with E-state index >= 15 is 0 Å². The zero-order chi connectivity index (χ0) is 15.4. The fourth-order valence-electron chi connectivity index (χ4n) is 3.49. The third kappa shape index (κ3) is 3.61. The molecule has 0 spiro atoms. The molecule has 2 aliphatic heterocycles. The van der Waals surface area contributed by atoms with Gasteiger partial charge in [-0.25, -0.2) is 4.79 Å².